The summed E-state index contributed by atoms with van der Waals surface area (Å²) in [4.78, 5) is 13.1. The molecule has 0 heterocycles. The summed E-state index contributed by atoms with van der Waals surface area (Å²) in [7, 11) is 0. The van der Waals surface area contributed by atoms with Crippen LogP contribution in [-0.2, 0) is 4.79 Å². The molecule has 0 saturated heterocycles. The standard InChI is InChI=1S/C9H16N2O/c1-4-7-10-9(12)8-11(5-2)6-3/h1H,5-8H2,2-3H3,(H,10,12). The molecule has 12 heavy (non-hydrogen) atoms. The largest absolute Gasteiger partial charge is 0.344 e. The van der Waals surface area contributed by atoms with Gasteiger partial charge in [-0.25, -0.2) is 0 Å². The Kier molecular flexibility index (Phi) is 6.12. The zero-order valence-corrected chi connectivity index (χ0v) is 7.76. The van der Waals surface area contributed by atoms with Gasteiger partial charge in [0.15, 0.2) is 0 Å². The van der Waals surface area contributed by atoms with E-state index in [0.29, 0.717) is 13.1 Å². The highest BCUT2D eigenvalue weighted by Crippen LogP contribution is 1.84. The van der Waals surface area contributed by atoms with Crippen LogP contribution in [0.5, 0.6) is 0 Å². The van der Waals surface area contributed by atoms with Crippen LogP contribution in [0.1, 0.15) is 13.8 Å². The molecule has 1 N–H and O–H groups in total. The molecule has 0 aromatic heterocycles. The van der Waals surface area contributed by atoms with Gasteiger partial charge < -0.3 is 5.32 Å². The molecular weight excluding hydrogens is 152 g/mol. The van der Waals surface area contributed by atoms with Crippen molar-refractivity contribution in [3.63, 3.8) is 0 Å². The normalized spacial score (nSPS) is 9.50. The Morgan fingerprint density at radius 1 is 1.50 bits per heavy atom. The quantitative estimate of drug-likeness (QED) is 0.589. The van der Waals surface area contributed by atoms with Crippen LogP contribution in [0, 0.1) is 12.3 Å². The van der Waals surface area contributed by atoms with Crippen molar-refractivity contribution in [3.05, 3.63) is 0 Å². The average Bonchev–Trinajstić information content (AvgIpc) is 2.10. The van der Waals surface area contributed by atoms with Crippen molar-refractivity contribution in [2.45, 2.75) is 13.8 Å². The lowest BCUT2D eigenvalue weighted by Crippen LogP contribution is -2.37. The zero-order valence-electron chi connectivity index (χ0n) is 7.76. The average molecular weight is 168 g/mol. The van der Waals surface area contributed by atoms with Crippen LogP contribution in [0.15, 0.2) is 0 Å². The van der Waals surface area contributed by atoms with Crippen LogP contribution in [-0.4, -0.2) is 37.0 Å². The van der Waals surface area contributed by atoms with Gasteiger partial charge in [0.05, 0.1) is 13.1 Å². The van der Waals surface area contributed by atoms with E-state index < -0.39 is 0 Å². The minimum Gasteiger partial charge on any atom is -0.344 e. The maximum Gasteiger partial charge on any atom is 0.234 e. The first-order chi connectivity index (χ1) is 5.74. The van der Waals surface area contributed by atoms with Gasteiger partial charge in [-0.3, -0.25) is 9.69 Å². The maximum atomic E-state index is 11.1. The Morgan fingerprint density at radius 3 is 2.50 bits per heavy atom. The molecule has 0 aliphatic carbocycles. The van der Waals surface area contributed by atoms with Crippen LogP contribution in [0.2, 0.25) is 0 Å². The van der Waals surface area contributed by atoms with E-state index in [4.69, 9.17) is 6.42 Å². The topological polar surface area (TPSA) is 32.3 Å². The second-order valence-electron chi connectivity index (χ2n) is 2.44. The third-order valence-electron chi connectivity index (χ3n) is 1.65. The lowest BCUT2D eigenvalue weighted by molar-refractivity contribution is -0.121. The summed E-state index contributed by atoms with van der Waals surface area (Å²) >= 11 is 0. The van der Waals surface area contributed by atoms with E-state index in [-0.39, 0.29) is 5.91 Å². The molecule has 0 aromatic rings. The van der Waals surface area contributed by atoms with Gasteiger partial charge in [0.25, 0.3) is 0 Å². The number of rotatable bonds is 5. The molecule has 1 amide bonds. The molecule has 0 atom stereocenters. The second kappa shape index (κ2) is 6.68. The van der Waals surface area contributed by atoms with Gasteiger partial charge in [0.1, 0.15) is 0 Å². The third-order valence-corrected chi connectivity index (χ3v) is 1.65. The van der Waals surface area contributed by atoms with Gasteiger partial charge in [-0.2, -0.15) is 0 Å². The summed E-state index contributed by atoms with van der Waals surface area (Å²) < 4.78 is 0. The predicted molar refractivity (Wildman–Crippen MR) is 49.6 cm³/mol. The first-order valence-corrected chi connectivity index (χ1v) is 4.17. The molecule has 0 rings (SSSR count). The Labute approximate surface area is 74.1 Å². The lowest BCUT2D eigenvalue weighted by Gasteiger charge is -2.16. The Bertz CT molecular complexity index is 168. The second-order valence-corrected chi connectivity index (χ2v) is 2.44. The number of likely N-dealkylation sites (N-methyl/N-ethyl adjacent to an activating group) is 1. The van der Waals surface area contributed by atoms with Crippen molar-refractivity contribution in [1.29, 1.82) is 0 Å². The fourth-order valence-electron chi connectivity index (χ4n) is 0.856. The predicted octanol–water partition coefficient (Wildman–Crippen LogP) is 0.0776. The number of nitrogens with one attached hydrogen (secondary N) is 1. The Hall–Kier alpha value is -1.01. The van der Waals surface area contributed by atoms with Crippen molar-refractivity contribution in [2.24, 2.45) is 0 Å². The zero-order chi connectivity index (χ0) is 9.40. The Morgan fingerprint density at radius 2 is 2.08 bits per heavy atom. The molecule has 0 aliphatic heterocycles. The number of amides is 1. The van der Waals surface area contributed by atoms with Crippen LogP contribution < -0.4 is 5.32 Å². The van der Waals surface area contributed by atoms with Crippen molar-refractivity contribution in [3.8, 4) is 12.3 Å². The van der Waals surface area contributed by atoms with E-state index >= 15 is 0 Å². The molecular formula is C9H16N2O. The van der Waals surface area contributed by atoms with Gasteiger partial charge >= 0.3 is 0 Å². The van der Waals surface area contributed by atoms with E-state index in [1.807, 2.05) is 18.7 Å². The maximum absolute atomic E-state index is 11.1. The molecule has 0 radical (unpaired) electrons. The fourth-order valence-corrected chi connectivity index (χ4v) is 0.856. The molecule has 0 saturated carbocycles. The van der Waals surface area contributed by atoms with Crippen LogP contribution in [0.4, 0.5) is 0 Å². The van der Waals surface area contributed by atoms with Gasteiger partial charge in [-0.05, 0) is 13.1 Å². The highest BCUT2D eigenvalue weighted by atomic mass is 16.2. The van der Waals surface area contributed by atoms with E-state index in [0.717, 1.165) is 13.1 Å². The number of carbonyl (C=O) groups excluding carboxylic acids is 1. The van der Waals surface area contributed by atoms with Gasteiger partial charge in [-0.15, -0.1) is 6.42 Å². The fraction of sp³-hybridized carbons (Fsp3) is 0.667. The molecule has 0 fully saturated rings. The van der Waals surface area contributed by atoms with E-state index in [1.165, 1.54) is 0 Å². The van der Waals surface area contributed by atoms with Crippen LogP contribution in [0.3, 0.4) is 0 Å². The first kappa shape index (κ1) is 11.0. The summed E-state index contributed by atoms with van der Waals surface area (Å²) in [6.07, 6.45) is 4.99. The van der Waals surface area contributed by atoms with Crippen molar-refractivity contribution in [2.75, 3.05) is 26.2 Å². The molecule has 0 aromatic carbocycles. The first-order valence-electron chi connectivity index (χ1n) is 4.17. The SMILES string of the molecule is C#CCNC(=O)CN(CC)CC. The highest BCUT2D eigenvalue weighted by Gasteiger charge is 2.04. The number of hydrogen-bond acceptors (Lipinski definition) is 2. The van der Waals surface area contributed by atoms with Crippen molar-refractivity contribution >= 4 is 5.91 Å². The van der Waals surface area contributed by atoms with Gasteiger partial charge in [0.2, 0.25) is 5.91 Å². The summed E-state index contributed by atoms with van der Waals surface area (Å²) in [5, 5.41) is 2.61. The van der Waals surface area contributed by atoms with E-state index in [2.05, 4.69) is 11.2 Å². The molecule has 3 nitrogen and oxygen atoms in total. The van der Waals surface area contributed by atoms with Crippen molar-refractivity contribution in [1.82, 2.24) is 10.2 Å². The van der Waals surface area contributed by atoms with Gasteiger partial charge in [-0.1, -0.05) is 19.8 Å². The summed E-state index contributed by atoms with van der Waals surface area (Å²) in [6, 6.07) is 0. The summed E-state index contributed by atoms with van der Waals surface area (Å²) in [5.74, 6) is 2.35. The minimum atomic E-state index is -0.00310. The number of hydrogen-bond donors (Lipinski definition) is 1. The van der Waals surface area contributed by atoms with Gasteiger partial charge in [0, 0.05) is 0 Å². The minimum absolute atomic E-state index is 0.00310. The van der Waals surface area contributed by atoms with Crippen LogP contribution >= 0.6 is 0 Å². The monoisotopic (exact) mass is 168 g/mol. The number of nitrogens with zero attached hydrogens (tertiary/aromatic N) is 1. The Balaban J connectivity index is 3.60. The lowest BCUT2D eigenvalue weighted by atomic mass is 10.4. The van der Waals surface area contributed by atoms with Crippen LogP contribution in [0.25, 0.3) is 0 Å². The highest BCUT2D eigenvalue weighted by molar-refractivity contribution is 5.78. The smallest absolute Gasteiger partial charge is 0.234 e. The van der Waals surface area contributed by atoms with Crippen molar-refractivity contribution < 1.29 is 4.79 Å². The molecule has 68 valence electrons. The summed E-state index contributed by atoms with van der Waals surface area (Å²) in [5.41, 5.74) is 0. The molecule has 0 spiro atoms. The molecule has 0 aliphatic rings. The van der Waals surface area contributed by atoms with E-state index in [9.17, 15) is 4.79 Å². The third kappa shape index (κ3) is 4.75. The molecule has 0 bridgehead atoms. The number of carbonyl (C=O) groups is 1. The molecule has 3 heteroatoms. The summed E-state index contributed by atoms with van der Waals surface area (Å²) in [6.45, 7) is 6.59. The van der Waals surface area contributed by atoms with E-state index in [1.54, 1.807) is 0 Å². The number of terminal acetylenes is 1. The molecule has 0 unspecified atom stereocenters.